The molecule has 0 atom stereocenters. The third kappa shape index (κ3) is 17.6. The van der Waals surface area contributed by atoms with Crippen molar-refractivity contribution in [3.8, 4) is 0 Å². The molecule has 3 N–H and O–H groups in total. The van der Waals surface area contributed by atoms with Gasteiger partial charge in [-0.3, -0.25) is 0 Å². The van der Waals surface area contributed by atoms with Crippen LogP contribution in [0.25, 0.3) is 0 Å². The van der Waals surface area contributed by atoms with E-state index in [4.69, 9.17) is 15.3 Å². The van der Waals surface area contributed by atoms with Crippen LogP contribution in [0.1, 0.15) is 39.0 Å². The summed E-state index contributed by atoms with van der Waals surface area (Å²) < 4.78 is 0. The lowest BCUT2D eigenvalue weighted by atomic mass is 10.2. The van der Waals surface area contributed by atoms with Gasteiger partial charge in [0.2, 0.25) is 0 Å². The molecular weight excluding hydrogens is 184 g/mol. The van der Waals surface area contributed by atoms with Gasteiger partial charge in [0.25, 0.3) is 0 Å². The van der Waals surface area contributed by atoms with Crippen LogP contribution in [-0.4, -0.2) is 40.9 Å². The van der Waals surface area contributed by atoms with E-state index >= 15 is 0 Å². The minimum Gasteiger partial charge on any atom is -0.394 e. The Hall–Kier alpha value is -0.450. The molecule has 4 nitrogen and oxygen atoms in total. The Labute approximate surface area is 85.6 Å². The SMILES string of the molecule is CCCCCCC=O.OCC(O)CO. The highest BCUT2D eigenvalue weighted by molar-refractivity contribution is 5.48. The van der Waals surface area contributed by atoms with Gasteiger partial charge in [0, 0.05) is 6.42 Å². The van der Waals surface area contributed by atoms with Gasteiger partial charge in [-0.05, 0) is 6.42 Å². The maximum absolute atomic E-state index is 9.77. The molecule has 0 saturated carbocycles. The first-order valence-electron chi connectivity index (χ1n) is 5.06. The molecule has 0 aromatic carbocycles. The summed E-state index contributed by atoms with van der Waals surface area (Å²) in [6, 6.07) is 0. The molecule has 4 heteroatoms. The lowest BCUT2D eigenvalue weighted by Gasteiger charge is -1.96. The van der Waals surface area contributed by atoms with Crippen molar-refractivity contribution in [2.24, 2.45) is 0 Å². The molecular formula is C10H22O4. The third-order valence-electron chi connectivity index (χ3n) is 1.60. The van der Waals surface area contributed by atoms with Crippen LogP contribution in [0.5, 0.6) is 0 Å². The van der Waals surface area contributed by atoms with Crippen LogP contribution in [0.15, 0.2) is 0 Å². The van der Waals surface area contributed by atoms with Crippen molar-refractivity contribution >= 4 is 6.29 Å². The maximum atomic E-state index is 9.77. The van der Waals surface area contributed by atoms with E-state index in [1.165, 1.54) is 19.3 Å². The van der Waals surface area contributed by atoms with Crippen LogP contribution < -0.4 is 0 Å². The van der Waals surface area contributed by atoms with Gasteiger partial charge in [-0.15, -0.1) is 0 Å². The Kier molecular flexibility index (Phi) is 17.2. The maximum Gasteiger partial charge on any atom is 0.119 e. The number of carbonyl (C=O) groups excluding carboxylic acids is 1. The Bertz CT molecular complexity index is 102. The largest absolute Gasteiger partial charge is 0.394 e. The predicted octanol–water partition coefficient (Wildman–Crippen LogP) is 0.488. The fraction of sp³-hybridized carbons (Fsp3) is 0.900. The highest BCUT2D eigenvalue weighted by Crippen LogP contribution is 1.99. The first-order valence-corrected chi connectivity index (χ1v) is 5.06. The molecule has 0 heterocycles. The molecule has 0 radical (unpaired) electrons. The molecule has 0 unspecified atom stereocenters. The fourth-order valence-corrected chi connectivity index (χ4v) is 0.712. The number of hydrogen-bond donors (Lipinski definition) is 3. The van der Waals surface area contributed by atoms with Gasteiger partial charge in [-0.1, -0.05) is 26.2 Å². The van der Waals surface area contributed by atoms with Gasteiger partial charge in [-0.25, -0.2) is 0 Å². The minimum absolute atomic E-state index is 0.365. The summed E-state index contributed by atoms with van der Waals surface area (Å²) in [5.41, 5.74) is 0. The van der Waals surface area contributed by atoms with E-state index in [1.54, 1.807) is 0 Å². The van der Waals surface area contributed by atoms with Gasteiger partial charge >= 0.3 is 0 Å². The summed E-state index contributed by atoms with van der Waals surface area (Å²) in [6.45, 7) is 1.44. The third-order valence-corrected chi connectivity index (χ3v) is 1.60. The van der Waals surface area contributed by atoms with E-state index in [0.29, 0.717) is 0 Å². The summed E-state index contributed by atoms with van der Waals surface area (Å²) in [5, 5.41) is 24.0. The summed E-state index contributed by atoms with van der Waals surface area (Å²) in [4.78, 5) is 9.77. The molecule has 0 fully saturated rings. The smallest absolute Gasteiger partial charge is 0.119 e. The second kappa shape index (κ2) is 15.0. The zero-order chi connectivity index (χ0) is 11.2. The average Bonchev–Trinajstić information content (AvgIpc) is 2.24. The monoisotopic (exact) mass is 206 g/mol. The molecule has 0 aromatic rings. The second-order valence-corrected chi connectivity index (χ2v) is 3.03. The van der Waals surface area contributed by atoms with Crippen molar-refractivity contribution in [3.63, 3.8) is 0 Å². The van der Waals surface area contributed by atoms with Crippen LogP contribution >= 0.6 is 0 Å². The van der Waals surface area contributed by atoms with E-state index in [9.17, 15) is 4.79 Å². The molecule has 0 aliphatic rings. The van der Waals surface area contributed by atoms with Gasteiger partial charge < -0.3 is 20.1 Å². The van der Waals surface area contributed by atoms with Crippen LogP contribution in [0, 0.1) is 0 Å². The van der Waals surface area contributed by atoms with Gasteiger partial charge in [0.1, 0.15) is 12.4 Å². The van der Waals surface area contributed by atoms with Crippen molar-refractivity contribution in [3.05, 3.63) is 0 Å². The highest BCUT2D eigenvalue weighted by atomic mass is 16.3. The first kappa shape index (κ1) is 16.0. The Morgan fingerprint density at radius 3 is 2.00 bits per heavy atom. The minimum atomic E-state index is -0.954. The zero-order valence-corrected chi connectivity index (χ0v) is 8.85. The second-order valence-electron chi connectivity index (χ2n) is 3.03. The summed E-state index contributed by atoms with van der Waals surface area (Å²) in [7, 11) is 0. The van der Waals surface area contributed by atoms with Crippen molar-refractivity contribution in [1.82, 2.24) is 0 Å². The predicted molar refractivity (Wildman–Crippen MR) is 55.0 cm³/mol. The average molecular weight is 206 g/mol. The molecule has 0 rings (SSSR count). The highest BCUT2D eigenvalue weighted by Gasteiger charge is 1.93. The number of unbranched alkanes of at least 4 members (excludes halogenated alkanes) is 4. The number of rotatable bonds is 7. The topological polar surface area (TPSA) is 77.8 Å². The summed E-state index contributed by atoms with van der Waals surface area (Å²) in [5.74, 6) is 0. The Morgan fingerprint density at radius 1 is 1.14 bits per heavy atom. The lowest BCUT2D eigenvalue weighted by molar-refractivity contribution is -0.107. The van der Waals surface area contributed by atoms with E-state index in [2.05, 4.69) is 6.92 Å². The van der Waals surface area contributed by atoms with Gasteiger partial charge in [0.15, 0.2) is 0 Å². The molecule has 0 aliphatic carbocycles. The number of aldehydes is 1. The standard InChI is InChI=1S/C7H14O.C3H8O3/c1-2-3-4-5-6-7-8;4-1-3(6)2-5/h7H,2-6H2,1H3;3-6H,1-2H2. The van der Waals surface area contributed by atoms with E-state index < -0.39 is 6.10 Å². The van der Waals surface area contributed by atoms with E-state index in [1.807, 2.05) is 0 Å². The molecule has 0 amide bonds. The quantitative estimate of drug-likeness (QED) is 0.418. The van der Waals surface area contributed by atoms with Crippen molar-refractivity contribution in [1.29, 1.82) is 0 Å². The molecule has 0 bridgehead atoms. The molecule has 14 heavy (non-hydrogen) atoms. The summed E-state index contributed by atoms with van der Waals surface area (Å²) in [6.07, 6.45) is 5.61. The number of carbonyl (C=O) groups is 1. The van der Waals surface area contributed by atoms with E-state index in [-0.39, 0.29) is 13.2 Å². The first-order chi connectivity index (χ1) is 6.72. The van der Waals surface area contributed by atoms with Crippen LogP contribution in [0.2, 0.25) is 0 Å². The molecule has 0 saturated heterocycles. The summed E-state index contributed by atoms with van der Waals surface area (Å²) >= 11 is 0. The Balaban J connectivity index is 0. The molecule has 0 spiro atoms. The number of aliphatic hydroxyl groups is 3. The van der Waals surface area contributed by atoms with Gasteiger partial charge in [-0.2, -0.15) is 0 Å². The molecule has 0 aliphatic heterocycles. The van der Waals surface area contributed by atoms with Crippen molar-refractivity contribution in [2.45, 2.75) is 45.1 Å². The van der Waals surface area contributed by atoms with Crippen molar-refractivity contribution < 1.29 is 20.1 Å². The van der Waals surface area contributed by atoms with Crippen LogP contribution in [0.3, 0.4) is 0 Å². The van der Waals surface area contributed by atoms with Crippen LogP contribution in [0.4, 0.5) is 0 Å². The fourth-order valence-electron chi connectivity index (χ4n) is 0.712. The lowest BCUT2D eigenvalue weighted by Crippen LogP contribution is -2.15. The Morgan fingerprint density at radius 2 is 1.71 bits per heavy atom. The van der Waals surface area contributed by atoms with E-state index in [0.717, 1.165) is 19.1 Å². The number of aliphatic hydroxyl groups excluding tert-OH is 3. The zero-order valence-electron chi connectivity index (χ0n) is 8.85. The van der Waals surface area contributed by atoms with Crippen molar-refractivity contribution in [2.75, 3.05) is 13.2 Å². The van der Waals surface area contributed by atoms with Crippen LogP contribution in [-0.2, 0) is 4.79 Å². The number of hydrogen-bond acceptors (Lipinski definition) is 4. The molecule has 86 valence electrons. The normalized spacial score (nSPS) is 9.50. The molecule has 0 aromatic heterocycles. The van der Waals surface area contributed by atoms with Gasteiger partial charge in [0.05, 0.1) is 13.2 Å².